The quantitative estimate of drug-likeness (QED) is 0.431. The van der Waals surface area contributed by atoms with Crippen molar-refractivity contribution < 1.29 is 23.1 Å². The minimum atomic E-state index is -0.472. The Bertz CT molecular complexity index is 1360. The molecule has 0 bridgehead atoms. The van der Waals surface area contributed by atoms with E-state index in [1.807, 2.05) is 12.3 Å². The summed E-state index contributed by atoms with van der Waals surface area (Å²) in [5.74, 6) is -1.10. The van der Waals surface area contributed by atoms with Crippen LogP contribution in [0.2, 0.25) is 0 Å². The van der Waals surface area contributed by atoms with Crippen LogP contribution in [-0.2, 0) is 4.74 Å². The summed E-state index contributed by atoms with van der Waals surface area (Å²) in [6.07, 6.45) is 3.29. The van der Waals surface area contributed by atoms with E-state index in [2.05, 4.69) is 10.3 Å². The second kappa shape index (κ2) is 9.32. The minimum Gasteiger partial charge on any atom is -0.449 e. The first-order chi connectivity index (χ1) is 16.6. The molecule has 34 heavy (non-hydrogen) atoms. The van der Waals surface area contributed by atoms with E-state index in [-0.39, 0.29) is 23.2 Å². The van der Waals surface area contributed by atoms with Crippen molar-refractivity contribution >= 4 is 40.2 Å². The molecule has 0 saturated carbocycles. The van der Waals surface area contributed by atoms with E-state index >= 15 is 0 Å². The Balaban J connectivity index is 1.54. The average Bonchev–Trinajstić information content (AvgIpc) is 3.46. The number of furan rings is 1. The van der Waals surface area contributed by atoms with E-state index in [1.165, 1.54) is 30.1 Å². The summed E-state index contributed by atoms with van der Waals surface area (Å²) in [6.45, 7) is 1.78. The Labute approximate surface area is 198 Å². The van der Waals surface area contributed by atoms with Crippen molar-refractivity contribution in [2.45, 2.75) is 5.16 Å². The number of hydrogen-bond acceptors (Lipinski definition) is 6. The van der Waals surface area contributed by atoms with E-state index in [0.29, 0.717) is 53.8 Å². The van der Waals surface area contributed by atoms with Gasteiger partial charge in [0.2, 0.25) is 5.76 Å². The normalized spacial score (nSPS) is 13.9. The van der Waals surface area contributed by atoms with Gasteiger partial charge in [-0.25, -0.2) is 9.37 Å². The molecule has 174 valence electrons. The Morgan fingerprint density at radius 1 is 1.09 bits per heavy atom. The number of amides is 2. The number of aromatic nitrogens is 2. The van der Waals surface area contributed by atoms with Crippen LogP contribution < -0.4 is 5.32 Å². The van der Waals surface area contributed by atoms with Gasteiger partial charge in [0.05, 0.1) is 19.4 Å². The standard InChI is InChI=1S/C24H21FN4O4S/c1-34-24-26-14-18(29(24)16-8-6-15(25)7-9-16)22(30)27-20-17-4-2-3-5-19(17)33-21(20)23(31)28-10-12-32-13-11-28/h2-9,14H,10-13H2,1H3,(H,27,30). The maximum absolute atomic E-state index is 13.5. The summed E-state index contributed by atoms with van der Waals surface area (Å²) < 4.78 is 26.4. The number of halogens is 1. The summed E-state index contributed by atoms with van der Waals surface area (Å²) in [7, 11) is 0. The molecule has 1 aliphatic rings. The van der Waals surface area contributed by atoms with Gasteiger partial charge in [-0.15, -0.1) is 0 Å². The number of nitrogens with one attached hydrogen (secondary N) is 1. The Morgan fingerprint density at radius 2 is 1.82 bits per heavy atom. The summed E-state index contributed by atoms with van der Waals surface area (Å²) >= 11 is 1.36. The lowest BCUT2D eigenvalue weighted by atomic mass is 10.2. The zero-order chi connectivity index (χ0) is 23.7. The third kappa shape index (κ3) is 4.06. The molecule has 2 aromatic carbocycles. The molecule has 1 aliphatic heterocycles. The van der Waals surface area contributed by atoms with Crippen LogP contribution in [0.1, 0.15) is 21.0 Å². The van der Waals surface area contributed by atoms with Crippen LogP contribution in [0.4, 0.5) is 10.1 Å². The van der Waals surface area contributed by atoms with Crippen LogP contribution in [-0.4, -0.2) is 58.8 Å². The summed E-state index contributed by atoms with van der Waals surface area (Å²) in [5, 5.41) is 4.06. The van der Waals surface area contributed by atoms with E-state index in [0.717, 1.165) is 0 Å². The highest BCUT2D eigenvalue weighted by molar-refractivity contribution is 7.98. The number of carbonyl (C=O) groups excluding carboxylic acids is 2. The van der Waals surface area contributed by atoms with E-state index in [4.69, 9.17) is 9.15 Å². The molecule has 3 heterocycles. The van der Waals surface area contributed by atoms with Crippen LogP contribution in [0.5, 0.6) is 0 Å². The summed E-state index contributed by atoms with van der Waals surface area (Å²) in [4.78, 5) is 32.7. The first-order valence-electron chi connectivity index (χ1n) is 10.6. The number of para-hydroxylation sites is 1. The van der Waals surface area contributed by atoms with Crippen LogP contribution in [0, 0.1) is 5.82 Å². The smallest absolute Gasteiger partial charge is 0.291 e. The monoisotopic (exact) mass is 480 g/mol. The van der Waals surface area contributed by atoms with E-state index < -0.39 is 5.91 Å². The predicted molar refractivity (Wildman–Crippen MR) is 126 cm³/mol. The fourth-order valence-corrected chi connectivity index (χ4v) is 4.43. The SMILES string of the molecule is CSc1ncc(C(=O)Nc2c(C(=O)N3CCOCC3)oc3ccccc23)n1-c1ccc(F)cc1. The number of rotatable bonds is 5. The maximum Gasteiger partial charge on any atom is 0.291 e. The molecular formula is C24H21FN4O4S. The molecule has 2 amide bonds. The molecule has 4 aromatic rings. The number of morpholine rings is 1. The van der Waals surface area contributed by atoms with Crippen molar-refractivity contribution in [1.29, 1.82) is 0 Å². The van der Waals surface area contributed by atoms with Gasteiger partial charge in [-0.3, -0.25) is 14.2 Å². The van der Waals surface area contributed by atoms with Gasteiger partial charge in [0.1, 0.15) is 22.8 Å². The molecule has 2 aromatic heterocycles. The molecule has 1 saturated heterocycles. The topological polar surface area (TPSA) is 89.6 Å². The zero-order valence-corrected chi connectivity index (χ0v) is 19.1. The highest BCUT2D eigenvalue weighted by Gasteiger charge is 2.28. The van der Waals surface area contributed by atoms with Gasteiger partial charge in [0.25, 0.3) is 11.8 Å². The Kier molecular flexibility index (Phi) is 6.08. The van der Waals surface area contributed by atoms with E-state index in [1.54, 1.807) is 39.8 Å². The number of thioether (sulfide) groups is 1. The average molecular weight is 481 g/mol. The zero-order valence-electron chi connectivity index (χ0n) is 18.3. The second-order valence-electron chi connectivity index (χ2n) is 7.60. The number of ether oxygens (including phenoxy) is 1. The molecule has 8 nitrogen and oxygen atoms in total. The van der Waals surface area contributed by atoms with Crippen LogP contribution in [0.3, 0.4) is 0 Å². The Hall–Kier alpha value is -3.63. The predicted octanol–water partition coefficient (Wildman–Crippen LogP) is 4.20. The van der Waals surface area contributed by atoms with Gasteiger partial charge in [-0.1, -0.05) is 23.9 Å². The number of anilines is 1. The molecule has 10 heteroatoms. The van der Waals surface area contributed by atoms with E-state index in [9.17, 15) is 14.0 Å². The minimum absolute atomic E-state index is 0.0642. The van der Waals surface area contributed by atoms with Gasteiger partial charge in [0.15, 0.2) is 5.16 Å². The lowest BCUT2D eigenvalue weighted by molar-refractivity contribution is 0.0285. The first-order valence-corrected chi connectivity index (χ1v) is 11.9. The second-order valence-corrected chi connectivity index (χ2v) is 8.38. The summed E-state index contributed by atoms with van der Waals surface area (Å²) in [6, 6.07) is 12.9. The van der Waals surface area contributed by atoms with Crippen LogP contribution in [0.15, 0.2) is 64.3 Å². The molecule has 5 rings (SSSR count). The number of nitrogens with zero attached hydrogens (tertiary/aromatic N) is 3. The fourth-order valence-electron chi connectivity index (χ4n) is 3.89. The van der Waals surface area contributed by atoms with Crippen molar-refractivity contribution in [1.82, 2.24) is 14.5 Å². The summed E-state index contributed by atoms with van der Waals surface area (Å²) in [5.41, 5.74) is 1.63. The number of carbonyl (C=O) groups is 2. The van der Waals surface area contributed by atoms with Crippen molar-refractivity contribution in [3.05, 3.63) is 72.0 Å². The number of hydrogen-bond donors (Lipinski definition) is 1. The van der Waals surface area contributed by atoms with Gasteiger partial charge in [0, 0.05) is 24.2 Å². The van der Waals surface area contributed by atoms with Crippen molar-refractivity contribution in [3.63, 3.8) is 0 Å². The molecule has 1 N–H and O–H groups in total. The van der Waals surface area contributed by atoms with Gasteiger partial charge in [-0.2, -0.15) is 0 Å². The molecule has 0 unspecified atom stereocenters. The largest absolute Gasteiger partial charge is 0.449 e. The van der Waals surface area contributed by atoms with Crippen molar-refractivity contribution in [2.75, 3.05) is 37.9 Å². The highest BCUT2D eigenvalue weighted by atomic mass is 32.2. The third-order valence-electron chi connectivity index (χ3n) is 5.56. The van der Waals surface area contributed by atoms with Gasteiger partial charge < -0.3 is 19.4 Å². The number of fused-ring (bicyclic) bond motifs is 1. The van der Waals surface area contributed by atoms with Crippen LogP contribution in [0.25, 0.3) is 16.7 Å². The first kappa shape index (κ1) is 22.2. The van der Waals surface area contributed by atoms with Crippen molar-refractivity contribution in [3.8, 4) is 5.69 Å². The molecule has 0 spiro atoms. The fraction of sp³-hybridized carbons (Fsp3) is 0.208. The maximum atomic E-state index is 13.5. The number of imidazole rings is 1. The van der Waals surface area contributed by atoms with Crippen LogP contribution >= 0.6 is 11.8 Å². The van der Waals surface area contributed by atoms with Gasteiger partial charge in [-0.05, 0) is 42.7 Å². The molecular weight excluding hydrogens is 459 g/mol. The lowest BCUT2D eigenvalue weighted by Crippen LogP contribution is -2.40. The lowest BCUT2D eigenvalue weighted by Gasteiger charge is -2.26. The number of benzene rings is 2. The molecule has 1 fully saturated rings. The third-order valence-corrected chi connectivity index (χ3v) is 6.21. The molecule has 0 aliphatic carbocycles. The molecule has 0 radical (unpaired) electrons. The van der Waals surface area contributed by atoms with Gasteiger partial charge >= 0.3 is 0 Å². The highest BCUT2D eigenvalue weighted by Crippen LogP contribution is 2.33. The molecule has 0 atom stereocenters. The van der Waals surface area contributed by atoms with Crippen molar-refractivity contribution in [2.24, 2.45) is 0 Å². The Morgan fingerprint density at radius 3 is 2.56 bits per heavy atom.